The first-order valence-electron chi connectivity index (χ1n) is 6.16. The van der Waals surface area contributed by atoms with E-state index in [0.29, 0.717) is 11.1 Å². The van der Waals surface area contributed by atoms with Gasteiger partial charge >= 0.3 is 11.9 Å². The molecule has 3 N–H and O–H groups in total. The minimum Gasteiger partial charge on any atom is -0.481 e. The summed E-state index contributed by atoms with van der Waals surface area (Å²) in [6.07, 6.45) is -0.226. The maximum Gasteiger partial charge on any atom is 0.352 e. The third kappa shape index (κ3) is 2.92. The molecule has 1 aromatic carbocycles. The van der Waals surface area contributed by atoms with E-state index in [9.17, 15) is 14.4 Å². The Bertz CT molecular complexity index is 777. The minimum atomic E-state index is -1.27. The highest BCUT2D eigenvalue weighted by atomic mass is 16.4. The number of aromatic nitrogens is 1. The summed E-state index contributed by atoms with van der Waals surface area (Å²) in [5.41, 5.74) is 0.0881. The van der Waals surface area contributed by atoms with E-state index in [1.165, 1.54) is 22.8 Å². The Morgan fingerprint density at radius 2 is 1.86 bits per heavy atom. The number of hydrogen-bond acceptors (Lipinski definition) is 4. The van der Waals surface area contributed by atoms with Crippen molar-refractivity contribution in [3.8, 4) is 0 Å². The molecule has 0 atom stereocenters. The van der Waals surface area contributed by atoms with Gasteiger partial charge in [0.2, 0.25) is 0 Å². The molecule has 0 bridgehead atoms. The van der Waals surface area contributed by atoms with E-state index in [-0.39, 0.29) is 30.7 Å². The molecule has 0 saturated carbocycles. The lowest BCUT2D eigenvalue weighted by Gasteiger charge is -2.13. The van der Waals surface area contributed by atoms with E-state index in [2.05, 4.69) is 0 Å². The molecule has 1 aromatic heterocycles. The van der Waals surface area contributed by atoms with Crippen LogP contribution in [-0.4, -0.2) is 38.4 Å². The summed E-state index contributed by atoms with van der Waals surface area (Å²) in [4.78, 5) is 33.9. The molecular weight excluding hydrogens is 278 g/mol. The van der Waals surface area contributed by atoms with E-state index < -0.39 is 17.4 Å². The Morgan fingerprint density at radius 1 is 1.14 bits per heavy atom. The number of aliphatic hydroxyl groups excluding tert-OH is 1. The summed E-state index contributed by atoms with van der Waals surface area (Å²) < 4.78 is 1.32. The maximum atomic E-state index is 12.0. The lowest BCUT2D eigenvalue weighted by molar-refractivity contribution is -0.136. The molecule has 2 aromatic rings. The van der Waals surface area contributed by atoms with Crippen molar-refractivity contribution in [3.63, 3.8) is 0 Å². The number of rotatable bonds is 5. The van der Waals surface area contributed by atoms with Crippen molar-refractivity contribution in [1.29, 1.82) is 0 Å². The molecule has 0 radical (unpaired) electrons. The summed E-state index contributed by atoms with van der Waals surface area (Å²) in [5, 5.41) is 27.2. The molecule has 21 heavy (non-hydrogen) atoms. The van der Waals surface area contributed by atoms with Crippen LogP contribution in [0, 0.1) is 0 Å². The van der Waals surface area contributed by atoms with Gasteiger partial charge in [0.1, 0.15) is 5.69 Å². The number of carboxylic acids is 2. The molecule has 7 nitrogen and oxygen atoms in total. The predicted molar refractivity (Wildman–Crippen MR) is 73.6 cm³/mol. The van der Waals surface area contributed by atoms with Crippen molar-refractivity contribution >= 4 is 22.8 Å². The number of benzene rings is 1. The van der Waals surface area contributed by atoms with E-state index in [1.54, 1.807) is 0 Å². The lowest BCUT2D eigenvalue weighted by atomic mass is 10.1. The fourth-order valence-electron chi connectivity index (χ4n) is 2.23. The summed E-state index contributed by atoms with van der Waals surface area (Å²) in [7, 11) is 0. The third-order valence-corrected chi connectivity index (χ3v) is 3.07. The number of hydrogen-bond donors (Lipinski definition) is 3. The van der Waals surface area contributed by atoms with Crippen LogP contribution in [-0.2, 0) is 17.8 Å². The number of fused-ring (bicyclic) bond motifs is 1. The Kier molecular flexibility index (Phi) is 4.04. The summed E-state index contributed by atoms with van der Waals surface area (Å²) in [5.74, 6) is -2.29. The monoisotopic (exact) mass is 291 g/mol. The number of carboxylic acid groups (broad SMARTS) is 2. The maximum absolute atomic E-state index is 12.0. The highest BCUT2D eigenvalue weighted by molar-refractivity contribution is 5.91. The fourth-order valence-corrected chi connectivity index (χ4v) is 2.23. The highest BCUT2D eigenvalue weighted by Gasteiger charge is 2.15. The Hall–Kier alpha value is -2.67. The van der Waals surface area contributed by atoms with Crippen LogP contribution in [0.3, 0.4) is 0 Å². The summed E-state index contributed by atoms with van der Waals surface area (Å²) >= 11 is 0. The predicted octanol–water partition coefficient (Wildman–Crippen LogP) is 0.319. The van der Waals surface area contributed by atoms with Gasteiger partial charge in [-0.2, -0.15) is 0 Å². The average Bonchev–Trinajstić information content (AvgIpc) is 2.41. The smallest absolute Gasteiger partial charge is 0.352 e. The number of pyridine rings is 1. The Labute approximate surface area is 118 Å². The van der Waals surface area contributed by atoms with Crippen LogP contribution in [0.25, 0.3) is 10.9 Å². The molecular formula is C14H13NO6. The van der Waals surface area contributed by atoms with Crippen LogP contribution >= 0.6 is 0 Å². The quantitative estimate of drug-likeness (QED) is 0.730. The second-order valence-corrected chi connectivity index (χ2v) is 4.50. The molecule has 0 fully saturated rings. The van der Waals surface area contributed by atoms with Crippen molar-refractivity contribution < 1.29 is 24.9 Å². The normalized spacial score (nSPS) is 10.7. The lowest BCUT2D eigenvalue weighted by Crippen LogP contribution is -2.19. The van der Waals surface area contributed by atoms with Crippen LogP contribution in [0.1, 0.15) is 16.1 Å². The molecule has 1 heterocycles. The molecule has 0 aliphatic carbocycles. The van der Waals surface area contributed by atoms with Crippen LogP contribution < -0.4 is 5.43 Å². The van der Waals surface area contributed by atoms with Gasteiger partial charge in [-0.15, -0.1) is 0 Å². The zero-order chi connectivity index (χ0) is 15.6. The highest BCUT2D eigenvalue weighted by Crippen LogP contribution is 2.16. The van der Waals surface area contributed by atoms with Crippen LogP contribution in [0.4, 0.5) is 0 Å². The minimum absolute atomic E-state index is 0.0245. The molecule has 0 aliphatic heterocycles. The van der Waals surface area contributed by atoms with Gasteiger partial charge in [-0.05, 0) is 17.7 Å². The number of aromatic carboxylic acids is 1. The van der Waals surface area contributed by atoms with Crippen molar-refractivity contribution in [3.05, 3.63) is 45.7 Å². The zero-order valence-electron chi connectivity index (χ0n) is 10.9. The van der Waals surface area contributed by atoms with Crippen molar-refractivity contribution in [2.24, 2.45) is 0 Å². The number of carbonyl (C=O) groups is 2. The second-order valence-electron chi connectivity index (χ2n) is 4.50. The van der Waals surface area contributed by atoms with Gasteiger partial charge < -0.3 is 19.9 Å². The van der Waals surface area contributed by atoms with Crippen molar-refractivity contribution in [1.82, 2.24) is 4.57 Å². The Balaban J connectivity index is 2.74. The second kappa shape index (κ2) is 5.76. The van der Waals surface area contributed by atoms with Gasteiger partial charge in [-0.1, -0.05) is 6.07 Å². The topological polar surface area (TPSA) is 117 Å². The van der Waals surface area contributed by atoms with Crippen LogP contribution in [0.15, 0.2) is 29.1 Å². The van der Waals surface area contributed by atoms with Crippen molar-refractivity contribution in [2.45, 2.75) is 13.0 Å². The first kappa shape index (κ1) is 14.7. The molecule has 7 heteroatoms. The third-order valence-electron chi connectivity index (χ3n) is 3.07. The van der Waals surface area contributed by atoms with E-state index in [0.717, 1.165) is 6.07 Å². The van der Waals surface area contributed by atoms with Gasteiger partial charge in [-0.3, -0.25) is 9.59 Å². The molecule has 110 valence electrons. The molecule has 0 amide bonds. The van der Waals surface area contributed by atoms with Gasteiger partial charge in [-0.25, -0.2) is 4.79 Å². The average molecular weight is 291 g/mol. The molecule has 0 unspecified atom stereocenters. The van der Waals surface area contributed by atoms with Gasteiger partial charge in [0.05, 0.1) is 18.5 Å². The fraction of sp³-hybridized carbons (Fsp3) is 0.214. The van der Waals surface area contributed by atoms with Crippen LogP contribution in [0.5, 0.6) is 0 Å². The zero-order valence-corrected chi connectivity index (χ0v) is 10.9. The Morgan fingerprint density at radius 3 is 2.43 bits per heavy atom. The molecule has 0 saturated heterocycles. The number of aliphatic carboxylic acids is 1. The molecule has 0 aliphatic rings. The summed E-state index contributed by atoms with van der Waals surface area (Å²) in [6.45, 7) is -0.258. The summed E-state index contributed by atoms with van der Waals surface area (Å²) in [6, 6.07) is 5.43. The molecule has 2 rings (SSSR count). The standard InChI is InChI=1S/C14H13NO6/c16-4-3-15-10-2-1-8(6-13(18)19)5-9(10)12(17)7-11(15)14(20)21/h1-2,5,7,16H,3-4,6H2,(H,18,19)(H,20,21). The van der Waals surface area contributed by atoms with E-state index in [4.69, 9.17) is 15.3 Å². The van der Waals surface area contributed by atoms with Gasteiger partial charge in [0.25, 0.3) is 0 Å². The molecule has 0 spiro atoms. The van der Waals surface area contributed by atoms with Crippen LogP contribution in [0.2, 0.25) is 0 Å². The van der Waals surface area contributed by atoms with E-state index in [1.807, 2.05) is 0 Å². The number of aliphatic hydroxyl groups is 1. The first-order chi connectivity index (χ1) is 9.93. The first-order valence-corrected chi connectivity index (χ1v) is 6.16. The number of nitrogens with zero attached hydrogens (tertiary/aromatic N) is 1. The van der Waals surface area contributed by atoms with Gasteiger partial charge in [0, 0.05) is 18.0 Å². The largest absolute Gasteiger partial charge is 0.481 e. The van der Waals surface area contributed by atoms with E-state index >= 15 is 0 Å². The SMILES string of the molecule is O=C(O)Cc1ccc2c(c1)c(=O)cc(C(=O)O)n2CCO. The van der Waals surface area contributed by atoms with Crippen molar-refractivity contribution in [2.75, 3.05) is 6.61 Å². The van der Waals surface area contributed by atoms with Gasteiger partial charge in [0.15, 0.2) is 5.43 Å².